The Hall–Kier alpha value is -2.83. The summed E-state index contributed by atoms with van der Waals surface area (Å²) in [5, 5.41) is 0.720. The van der Waals surface area contributed by atoms with Gasteiger partial charge in [-0.3, -0.25) is 0 Å². The number of rotatable bonds is 4. The zero-order valence-electron chi connectivity index (χ0n) is 12.2. The average Bonchev–Trinajstić information content (AvgIpc) is 2.48. The van der Waals surface area contributed by atoms with Gasteiger partial charge in [-0.15, -0.1) is 0 Å². The predicted octanol–water partition coefficient (Wildman–Crippen LogP) is 3.31. The predicted molar refractivity (Wildman–Crippen MR) is 77.0 cm³/mol. The highest BCUT2D eigenvalue weighted by Gasteiger charge is 2.18. The molecule has 0 bridgehead atoms. The first kappa shape index (κ1) is 15.6. The largest absolute Gasteiger partial charge is 0.515 e. The van der Waals surface area contributed by atoms with Crippen molar-refractivity contribution < 1.29 is 28.5 Å². The van der Waals surface area contributed by atoms with E-state index >= 15 is 0 Å². The highest BCUT2D eigenvalue weighted by Crippen LogP contribution is 2.30. The minimum atomic E-state index is -0.931. The fraction of sp³-hybridized carbons (Fsp3) is 0.267. The molecular formula is C15H15NO6. The summed E-state index contributed by atoms with van der Waals surface area (Å²) in [5.41, 5.74) is 0.581. The Morgan fingerprint density at radius 2 is 1.64 bits per heavy atom. The second-order valence-corrected chi connectivity index (χ2v) is 4.05. The van der Waals surface area contributed by atoms with E-state index in [0.29, 0.717) is 5.52 Å². The molecule has 0 saturated carbocycles. The number of hydrogen-bond acceptors (Lipinski definition) is 7. The van der Waals surface area contributed by atoms with Gasteiger partial charge < -0.3 is 18.9 Å². The maximum atomic E-state index is 11.5. The lowest BCUT2D eigenvalue weighted by atomic mass is 10.2. The van der Waals surface area contributed by atoms with Crippen LogP contribution in [-0.2, 0) is 9.47 Å². The highest BCUT2D eigenvalue weighted by atomic mass is 16.7. The lowest BCUT2D eigenvalue weighted by Crippen LogP contribution is -2.15. The molecule has 0 aliphatic carbocycles. The molecule has 0 unspecified atom stereocenters. The Bertz CT molecular complexity index is 626. The first-order chi connectivity index (χ1) is 10.6. The molecule has 0 spiro atoms. The molecule has 1 aromatic carbocycles. The maximum Gasteiger partial charge on any atom is 0.515 e. The molecule has 0 saturated heterocycles. The van der Waals surface area contributed by atoms with Gasteiger partial charge in [0, 0.05) is 5.39 Å². The number of ether oxygens (including phenoxy) is 4. The molecule has 1 aromatic heterocycles. The van der Waals surface area contributed by atoms with Crippen molar-refractivity contribution in [1.29, 1.82) is 0 Å². The SMILES string of the molecule is CCOC(=O)Oc1cc2ccccc2nc1OC(=O)OCC. The van der Waals surface area contributed by atoms with Crippen LogP contribution in [0.5, 0.6) is 11.6 Å². The number of benzene rings is 1. The van der Waals surface area contributed by atoms with E-state index in [1.165, 1.54) is 6.07 Å². The number of pyridine rings is 1. The van der Waals surface area contributed by atoms with Gasteiger partial charge >= 0.3 is 12.3 Å². The molecule has 2 rings (SSSR count). The maximum absolute atomic E-state index is 11.5. The fourth-order valence-corrected chi connectivity index (χ4v) is 1.69. The molecule has 7 nitrogen and oxygen atoms in total. The van der Waals surface area contributed by atoms with Crippen LogP contribution in [0.1, 0.15) is 13.8 Å². The summed E-state index contributed by atoms with van der Waals surface area (Å²) in [5.74, 6) is -0.185. The summed E-state index contributed by atoms with van der Waals surface area (Å²) < 4.78 is 19.4. The van der Waals surface area contributed by atoms with Gasteiger partial charge in [-0.05, 0) is 26.0 Å². The van der Waals surface area contributed by atoms with E-state index in [0.717, 1.165) is 5.39 Å². The van der Waals surface area contributed by atoms with E-state index < -0.39 is 12.3 Å². The summed E-state index contributed by atoms with van der Waals surface area (Å²) in [4.78, 5) is 27.1. The smallest absolute Gasteiger partial charge is 0.434 e. The van der Waals surface area contributed by atoms with Crippen LogP contribution in [0.3, 0.4) is 0 Å². The Morgan fingerprint density at radius 3 is 2.32 bits per heavy atom. The van der Waals surface area contributed by atoms with Gasteiger partial charge in [-0.1, -0.05) is 18.2 Å². The Kier molecular flexibility index (Phi) is 5.13. The number of carbonyl (C=O) groups excluding carboxylic acids is 2. The van der Waals surface area contributed by atoms with E-state index in [9.17, 15) is 9.59 Å². The van der Waals surface area contributed by atoms with Crippen LogP contribution < -0.4 is 9.47 Å². The molecule has 2 aromatic rings. The van der Waals surface area contributed by atoms with Crippen molar-refractivity contribution in [2.24, 2.45) is 0 Å². The van der Waals surface area contributed by atoms with Crippen LogP contribution in [-0.4, -0.2) is 30.5 Å². The zero-order chi connectivity index (χ0) is 15.9. The summed E-state index contributed by atoms with van der Waals surface area (Å²) in [6, 6.07) is 8.66. The molecule has 0 radical (unpaired) electrons. The van der Waals surface area contributed by atoms with Gasteiger partial charge in [0.1, 0.15) is 0 Å². The van der Waals surface area contributed by atoms with E-state index in [1.54, 1.807) is 32.0 Å². The van der Waals surface area contributed by atoms with Crippen molar-refractivity contribution in [3.05, 3.63) is 30.3 Å². The van der Waals surface area contributed by atoms with E-state index in [-0.39, 0.29) is 24.8 Å². The second-order valence-electron chi connectivity index (χ2n) is 4.05. The molecule has 0 aliphatic rings. The quantitative estimate of drug-likeness (QED) is 0.801. The topological polar surface area (TPSA) is 84.0 Å². The van der Waals surface area contributed by atoms with Crippen molar-refractivity contribution in [1.82, 2.24) is 4.98 Å². The number of hydrogen-bond donors (Lipinski definition) is 0. The number of fused-ring (bicyclic) bond motifs is 1. The first-order valence-electron chi connectivity index (χ1n) is 6.73. The summed E-state index contributed by atoms with van der Waals surface area (Å²) in [6.45, 7) is 3.61. The lowest BCUT2D eigenvalue weighted by molar-refractivity contribution is 0.0927. The zero-order valence-corrected chi connectivity index (χ0v) is 12.2. The first-order valence-corrected chi connectivity index (χ1v) is 6.73. The Balaban J connectivity index is 2.36. The van der Waals surface area contributed by atoms with Crippen molar-refractivity contribution in [2.75, 3.05) is 13.2 Å². The number of aromatic nitrogens is 1. The van der Waals surface area contributed by atoms with Gasteiger partial charge in [-0.25, -0.2) is 14.6 Å². The highest BCUT2D eigenvalue weighted by molar-refractivity contribution is 5.82. The van der Waals surface area contributed by atoms with Crippen LogP contribution in [0.2, 0.25) is 0 Å². The van der Waals surface area contributed by atoms with Gasteiger partial charge in [0.05, 0.1) is 18.7 Å². The monoisotopic (exact) mass is 305 g/mol. The van der Waals surface area contributed by atoms with Crippen molar-refractivity contribution in [3.8, 4) is 11.6 Å². The van der Waals surface area contributed by atoms with Gasteiger partial charge in [-0.2, -0.15) is 0 Å². The molecule has 116 valence electrons. The van der Waals surface area contributed by atoms with Gasteiger partial charge in [0.2, 0.25) is 0 Å². The molecule has 0 aliphatic heterocycles. The molecule has 1 heterocycles. The molecule has 0 amide bonds. The number of para-hydroxylation sites is 1. The Labute approximate surface area is 126 Å². The van der Waals surface area contributed by atoms with Crippen LogP contribution in [0.15, 0.2) is 30.3 Å². The standard InChI is InChI=1S/C15H15NO6/c1-3-19-14(17)21-12-9-10-7-5-6-8-11(10)16-13(12)22-15(18)20-4-2/h5-9H,3-4H2,1-2H3. The van der Waals surface area contributed by atoms with Crippen LogP contribution in [0, 0.1) is 0 Å². The number of nitrogens with zero attached hydrogens (tertiary/aromatic N) is 1. The van der Waals surface area contributed by atoms with Crippen LogP contribution >= 0.6 is 0 Å². The van der Waals surface area contributed by atoms with E-state index in [2.05, 4.69) is 4.98 Å². The molecular weight excluding hydrogens is 290 g/mol. The van der Waals surface area contributed by atoms with Crippen LogP contribution in [0.25, 0.3) is 10.9 Å². The van der Waals surface area contributed by atoms with Crippen molar-refractivity contribution in [3.63, 3.8) is 0 Å². The van der Waals surface area contributed by atoms with Gasteiger partial charge in [0.25, 0.3) is 5.88 Å². The summed E-state index contributed by atoms with van der Waals surface area (Å²) in [6.07, 6.45) is -1.84. The van der Waals surface area contributed by atoms with Crippen molar-refractivity contribution >= 4 is 23.2 Å². The van der Waals surface area contributed by atoms with Gasteiger partial charge in [0.15, 0.2) is 5.75 Å². The fourth-order valence-electron chi connectivity index (χ4n) is 1.69. The molecule has 22 heavy (non-hydrogen) atoms. The Morgan fingerprint density at radius 1 is 1.00 bits per heavy atom. The molecule has 0 atom stereocenters. The lowest BCUT2D eigenvalue weighted by Gasteiger charge is -2.10. The summed E-state index contributed by atoms with van der Waals surface area (Å²) >= 11 is 0. The third kappa shape index (κ3) is 3.85. The third-order valence-electron chi connectivity index (χ3n) is 2.55. The third-order valence-corrected chi connectivity index (χ3v) is 2.55. The number of carbonyl (C=O) groups is 2. The molecule has 0 N–H and O–H groups in total. The molecule has 7 heteroatoms. The van der Waals surface area contributed by atoms with E-state index in [1.807, 2.05) is 6.07 Å². The van der Waals surface area contributed by atoms with E-state index in [4.69, 9.17) is 18.9 Å². The summed E-state index contributed by atoms with van der Waals surface area (Å²) in [7, 11) is 0. The second kappa shape index (κ2) is 7.26. The minimum absolute atomic E-state index is 0.0230. The van der Waals surface area contributed by atoms with Crippen LogP contribution in [0.4, 0.5) is 9.59 Å². The average molecular weight is 305 g/mol. The minimum Gasteiger partial charge on any atom is -0.434 e. The van der Waals surface area contributed by atoms with Crippen molar-refractivity contribution in [2.45, 2.75) is 13.8 Å². The normalized spacial score (nSPS) is 10.1. The molecule has 0 fully saturated rings.